The van der Waals surface area contributed by atoms with Crippen LogP contribution in [-0.4, -0.2) is 40.5 Å². The normalized spacial score (nSPS) is 12.2. The van der Waals surface area contributed by atoms with Crippen LogP contribution in [-0.2, 0) is 25.6 Å². The molecule has 19 heavy (non-hydrogen) atoms. The predicted molar refractivity (Wildman–Crippen MR) is 71.8 cm³/mol. The first kappa shape index (κ1) is 15.6. The van der Waals surface area contributed by atoms with Gasteiger partial charge in [-0.3, -0.25) is 5.32 Å². The first-order chi connectivity index (χ1) is 9.22. The van der Waals surface area contributed by atoms with Gasteiger partial charge >= 0.3 is 5.97 Å². The van der Waals surface area contributed by atoms with E-state index in [1.54, 1.807) is 14.2 Å². The van der Waals surface area contributed by atoms with Crippen molar-refractivity contribution in [1.29, 1.82) is 0 Å². The minimum atomic E-state index is -0.475. The maximum atomic E-state index is 11.8. The zero-order valence-electron chi connectivity index (χ0n) is 11.6. The highest BCUT2D eigenvalue weighted by molar-refractivity contribution is 5.77. The molecule has 0 heterocycles. The molecule has 5 nitrogen and oxygen atoms in total. The van der Waals surface area contributed by atoms with Crippen molar-refractivity contribution < 1.29 is 19.0 Å². The van der Waals surface area contributed by atoms with Gasteiger partial charge in [-0.2, -0.15) is 0 Å². The van der Waals surface area contributed by atoms with E-state index in [-0.39, 0.29) is 5.97 Å². The molecule has 0 bridgehead atoms. The van der Waals surface area contributed by atoms with Crippen molar-refractivity contribution in [2.75, 3.05) is 34.5 Å². The molecule has 5 heteroatoms. The van der Waals surface area contributed by atoms with Crippen molar-refractivity contribution in [3.63, 3.8) is 0 Å². The summed E-state index contributed by atoms with van der Waals surface area (Å²) in [6.07, 6.45) is 0. The van der Waals surface area contributed by atoms with Crippen LogP contribution < -0.4 is 5.32 Å². The monoisotopic (exact) mass is 267 g/mol. The summed E-state index contributed by atoms with van der Waals surface area (Å²) >= 11 is 0. The van der Waals surface area contributed by atoms with Gasteiger partial charge in [0.05, 0.1) is 20.3 Å². The SMILES string of the molecule is COCCNC(C(=O)OC)c1ccc(COC)cc1. The topological polar surface area (TPSA) is 56.8 Å². The lowest BCUT2D eigenvalue weighted by Gasteiger charge is -2.17. The molecule has 0 saturated heterocycles. The second kappa shape index (κ2) is 8.63. The summed E-state index contributed by atoms with van der Waals surface area (Å²) in [5.74, 6) is -0.310. The number of rotatable bonds is 8. The van der Waals surface area contributed by atoms with Gasteiger partial charge in [0.2, 0.25) is 0 Å². The highest BCUT2D eigenvalue weighted by Crippen LogP contribution is 2.16. The van der Waals surface area contributed by atoms with Crippen molar-refractivity contribution in [3.05, 3.63) is 35.4 Å². The number of carbonyl (C=O) groups is 1. The average Bonchev–Trinajstić information content (AvgIpc) is 2.44. The zero-order chi connectivity index (χ0) is 14.1. The molecule has 106 valence electrons. The maximum absolute atomic E-state index is 11.8. The predicted octanol–water partition coefficient (Wildman–Crippen LogP) is 1.28. The first-order valence-corrected chi connectivity index (χ1v) is 6.10. The third-order valence-electron chi connectivity index (χ3n) is 2.72. The van der Waals surface area contributed by atoms with E-state index in [0.717, 1.165) is 11.1 Å². The van der Waals surface area contributed by atoms with Crippen LogP contribution in [0, 0.1) is 0 Å². The molecule has 0 spiro atoms. The van der Waals surface area contributed by atoms with E-state index in [2.05, 4.69) is 5.32 Å². The molecule has 0 aliphatic heterocycles. The van der Waals surface area contributed by atoms with Gasteiger partial charge in [-0.05, 0) is 11.1 Å². The number of esters is 1. The molecule has 0 aliphatic carbocycles. The second-order valence-corrected chi connectivity index (χ2v) is 4.08. The van der Waals surface area contributed by atoms with Crippen molar-refractivity contribution in [2.45, 2.75) is 12.6 Å². The smallest absolute Gasteiger partial charge is 0.327 e. The summed E-state index contributed by atoms with van der Waals surface area (Å²) in [5.41, 5.74) is 1.93. The fraction of sp³-hybridized carbons (Fsp3) is 0.500. The molecule has 0 aliphatic rings. The van der Waals surface area contributed by atoms with Gasteiger partial charge in [-0.25, -0.2) is 4.79 Å². The molecule has 0 radical (unpaired) electrons. The Bertz CT molecular complexity index is 378. The fourth-order valence-corrected chi connectivity index (χ4v) is 1.73. The van der Waals surface area contributed by atoms with Crippen LogP contribution in [0.3, 0.4) is 0 Å². The number of nitrogens with one attached hydrogen (secondary N) is 1. The number of carbonyl (C=O) groups excluding carboxylic acids is 1. The molecular weight excluding hydrogens is 246 g/mol. The third kappa shape index (κ3) is 4.98. The van der Waals surface area contributed by atoms with Crippen LogP contribution in [0.5, 0.6) is 0 Å². The zero-order valence-corrected chi connectivity index (χ0v) is 11.6. The molecular formula is C14H21NO4. The van der Waals surface area contributed by atoms with E-state index < -0.39 is 6.04 Å². The van der Waals surface area contributed by atoms with E-state index in [1.165, 1.54) is 7.11 Å². The number of hydrogen-bond donors (Lipinski definition) is 1. The van der Waals surface area contributed by atoms with Gasteiger partial charge < -0.3 is 14.2 Å². The van der Waals surface area contributed by atoms with Crippen molar-refractivity contribution in [2.24, 2.45) is 0 Å². The Morgan fingerprint density at radius 2 is 1.84 bits per heavy atom. The minimum absolute atomic E-state index is 0.310. The van der Waals surface area contributed by atoms with Crippen LogP contribution in [0.4, 0.5) is 0 Å². The van der Waals surface area contributed by atoms with E-state index >= 15 is 0 Å². The first-order valence-electron chi connectivity index (χ1n) is 6.10. The fourth-order valence-electron chi connectivity index (χ4n) is 1.73. The highest BCUT2D eigenvalue weighted by Gasteiger charge is 2.20. The Balaban J connectivity index is 2.75. The van der Waals surface area contributed by atoms with Crippen LogP contribution >= 0.6 is 0 Å². The van der Waals surface area contributed by atoms with Gasteiger partial charge in [-0.1, -0.05) is 24.3 Å². The van der Waals surface area contributed by atoms with E-state index in [1.807, 2.05) is 24.3 Å². The van der Waals surface area contributed by atoms with E-state index in [0.29, 0.717) is 19.8 Å². The third-order valence-corrected chi connectivity index (χ3v) is 2.72. The van der Waals surface area contributed by atoms with Gasteiger partial charge in [0, 0.05) is 20.8 Å². The number of ether oxygens (including phenoxy) is 3. The number of benzene rings is 1. The lowest BCUT2D eigenvalue weighted by Crippen LogP contribution is -2.32. The standard InChI is InChI=1S/C14H21NO4/c1-17-9-8-15-13(14(16)19-3)12-6-4-11(5-7-12)10-18-2/h4-7,13,15H,8-10H2,1-3H3. The average molecular weight is 267 g/mol. The molecule has 0 saturated carbocycles. The Morgan fingerprint density at radius 1 is 1.16 bits per heavy atom. The van der Waals surface area contributed by atoms with Crippen molar-refractivity contribution in [1.82, 2.24) is 5.32 Å². The lowest BCUT2D eigenvalue weighted by atomic mass is 10.0. The van der Waals surface area contributed by atoms with E-state index in [4.69, 9.17) is 14.2 Å². The summed E-state index contributed by atoms with van der Waals surface area (Å²) < 4.78 is 14.8. The van der Waals surface area contributed by atoms with Crippen LogP contribution in [0.25, 0.3) is 0 Å². The minimum Gasteiger partial charge on any atom is -0.468 e. The molecule has 1 aromatic carbocycles. The Hall–Kier alpha value is -1.43. The summed E-state index contributed by atoms with van der Waals surface area (Å²) in [6.45, 7) is 1.67. The highest BCUT2D eigenvalue weighted by atomic mass is 16.5. The summed E-state index contributed by atoms with van der Waals surface area (Å²) in [5, 5.41) is 3.11. The molecule has 1 unspecified atom stereocenters. The number of hydrogen-bond acceptors (Lipinski definition) is 5. The quantitative estimate of drug-likeness (QED) is 0.568. The van der Waals surface area contributed by atoms with Crippen LogP contribution in [0.1, 0.15) is 17.2 Å². The Morgan fingerprint density at radius 3 is 2.37 bits per heavy atom. The van der Waals surface area contributed by atoms with Gasteiger partial charge in [0.25, 0.3) is 0 Å². The molecule has 0 amide bonds. The van der Waals surface area contributed by atoms with E-state index in [9.17, 15) is 4.79 Å². The summed E-state index contributed by atoms with van der Waals surface area (Å²) in [7, 11) is 4.65. The second-order valence-electron chi connectivity index (χ2n) is 4.08. The van der Waals surface area contributed by atoms with Crippen LogP contribution in [0.2, 0.25) is 0 Å². The van der Waals surface area contributed by atoms with Crippen LogP contribution in [0.15, 0.2) is 24.3 Å². The molecule has 0 aromatic heterocycles. The van der Waals surface area contributed by atoms with Crippen molar-refractivity contribution >= 4 is 5.97 Å². The van der Waals surface area contributed by atoms with Crippen molar-refractivity contribution in [3.8, 4) is 0 Å². The molecule has 1 atom stereocenters. The lowest BCUT2D eigenvalue weighted by molar-refractivity contribution is -0.143. The Labute approximate surface area is 113 Å². The largest absolute Gasteiger partial charge is 0.468 e. The Kier molecular flexibility index (Phi) is 7.10. The maximum Gasteiger partial charge on any atom is 0.327 e. The van der Waals surface area contributed by atoms with Gasteiger partial charge in [-0.15, -0.1) is 0 Å². The summed E-state index contributed by atoms with van der Waals surface area (Å²) in [6, 6.07) is 7.20. The molecule has 1 N–H and O–H groups in total. The van der Waals surface area contributed by atoms with Gasteiger partial charge in [0.1, 0.15) is 6.04 Å². The molecule has 1 rings (SSSR count). The molecule has 1 aromatic rings. The van der Waals surface area contributed by atoms with Gasteiger partial charge in [0.15, 0.2) is 0 Å². The molecule has 0 fully saturated rings. The summed E-state index contributed by atoms with van der Waals surface area (Å²) in [4.78, 5) is 11.8. The number of methoxy groups -OCH3 is 3.